The molecule has 1 N–H and O–H groups in total. The maximum atomic E-state index is 11.1. The van der Waals surface area contributed by atoms with E-state index in [-0.39, 0.29) is 11.7 Å². The first kappa shape index (κ1) is 11.8. The van der Waals surface area contributed by atoms with E-state index in [1.54, 1.807) is 7.05 Å². The van der Waals surface area contributed by atoms with Crippen molar-refractivity contribution in [1.82, 2.24) is 10.3 Å². The molecule has 0 atom stereocenters. The highest BCUT2D eigenvalue weighted by atomic mass is 16.3. The van der Waals surface area contributed by atoms with E-state index < -0.39 is 0 Å². The van der Waals surface area contributed by atoms with Gasteiger partial charge in [-0.25, -0.2) is 4.98 Å². The molecule has 0 bridgehead atoms. The summed E-state index contributed by atoms with van der Waals surface area (Å²) >= 11 is 0. The third-order valence-electron chi connectivity index (χ3n) is 1.27. The van der Waals surface area contributed by atoms with Crippen molar-refractivity contribution in [2.24, 2.45) is 0 Å². The lowest BCUT2D eigenvalue weighted by molar-refractivity contribution is 0.0949. The summed E-state index contributed by atoms with van der Waals surface area (Å²) < 4.78 is 4.80. The summed E-state index contributed by atoms with van der Waals surface area (Å²) in [5.74, 6) is 0.129. The lowest BCUT2D eigenvalue weighted by atomic mass is 10.3. The second-order valence-electron chi connectivity index (χ2n) is 2.11. The Labute approximate surface area is 78.4 Å². The molecule has 0 aliphatic rings. The first-order valence-corrected chi connectivity index (χ1v) is 4.42. The monoisotopic (exact) mass is 184 g/mol. The molecule has 0 unspecified atom stereocenters. The molecule has 4 nitrogen and oxygen atoms in total. The quantitative estimate of drug-likeness (QED) is 0.720. The van der Waals surface area contributed by atoms with Crippen molar-refractivity contribution in [2.75, 3.05) is 13.6 Å². The Kier molecular flexibility index (Phi) is 6.82. The smallest absolute Gasteiger partial charge is 0.263 e. The van der Waals surface area contributed by atoms with Crippen LogP contribution in [0.4, 0.5) is 0 Å². The molecule has 0 aliphatic heterocycles. The highest BCUT2D eigenvalue weighted by Crippen LogP contribution is 1.98. The van der Waals surface area contributed by atoms with Gasteiger partial charge < -0.3 is 9.73 Å². The zero-order chi connectivity index (χ0) is 10.1. The molecule has 1 aromatic heterocycles. The average molecular weight is 184 g/mol. The Bertz CT molecular complexity index is 220. The number of hydrogen-bond acceptors (Lipinski definition) is 4. The van der Waals surface area contributed by atoms with Crippen molar-refractivity contribution in [2.45, 2.75) is 20.3 Å². The lowest BCUT2D eigenvalue weighted by Gasteiger charge is -1.93. The van der Waals surface area contributed by atoms with Crippen molar-refractivity contribution >= 4 is 5.78 Å². The van der Waals surface area contributed by atoms with Crippen LogP contribution >= 0.6 is 0 Å². The molecule has 0 amide bonds. The minimum Gasteiger partial charge on any atom is -0.442 e. The van der Waals surface area contributed by atoms with Gasteiger partial charge in [0.1, 0.15) is 6.26 Å². The summed E-state index contributed by atoms with van der Waals surface area (Å²) in [6, 6.07) is 0. The molecular weight excluding hydrogens is 168 g/mol. The van der Waals surface area contributed by atoms with Crippen LogP contribution in [0.15, 0.2) is 16.9 Å². The van der Waals surface area contributed by atoms with Gasteiger partial charge in [0, 0.05) is 13.0 Å². The Morgan fingerprint density at radius 1 is 1.62 bits per heavy atom. The number of rotatable bonds is 4. The van der Waals surface area contributed by atoms with Crippen LogP contribution < -0.4 is 5.32 Å². The van der Waals surface area contributed by atoms with Crippen molar-refractivity contribution < 1.29 is 9.21 Å². The van der Waals surface area contributed by atoms with Crippen LogP contribution in [0, 0.1) is 0 Å². The van der Waals surface area contributed by atoms with Crippen LogP contribution in [0.3, 0.4) is 0 Å². The largest absolute Gasteiger partial charge is 0.442 e. The molecule has 4 heteroatoms. The highest BCUT2D eigenvalue weighted by Gasteiger charge is 2.08. The van der Waals surface area contributed by atoms with E-state index in [0.29, 0.717) is 13.0 Å². The summed E-state index contributed by atoms with van der Waals surface area (Å²) in [5, 5.41) is 2.87. The molecule has 0 aromatic carbocycles. The van der Waals surface area contributed by atoms with Gasteiger partial charge in [-0.05, 0) is 7.05 Å². The molecule has 0 aliphatic carbocycles. The Morgan fingerprint density at radius 2 is 2.31 bits per heavy atom. The summed E-state index contributed by atoms with van der Waals surface area (Å²) in [4.78, 5) is 14.8. The van der Waals surface area contributed by atoms with Crippen LogP contribution in [0.5, 0.6) is 0 Å². The van der Waals surface area contributed by atoms with Gasteiger partial charge in [-0.3, -0.25) is 4.79 Å². The third-order valence-corrected chi connectivity index (χ3v) is 1.27. The number of nitrogens with zero attached hydrogens (tertiary/aromatic N) is 1. The fourth-order valence-corrected chi connectivity index (χ4v) is 0.707. The van der Waals surface area contributed by atoms with Crippen LogP contribution in [0.1, 0.15) is 31.0 Å². The highest BCUT2D eigenvalue weighted by molar-refractivity contribution is 5.91. The molecule has 1 aromatic rings. The second-order valence-corrected chi connectivity index (χ2v) is 2.11. The SMILES string of the molecule is CC.CNCCC(=O)c1ncco1. The predicted molar refractivity (Wildman–Crippen MR) is 50.7 cm³/mol. The van der Waals surface area contributed by atoms with E-state index in [1.165, 1.54) is 12.5 Å². The molecule has 0 saturated carbocycles. The van der Waals surface area contributed by atoms with Crippen molar-refractivity contribution in [1.29, 1.82) is 0 Å². The number of aromatic nitrogens is 1. The molecule has 74 valence electrons. The molecule has 13 heavy (non-hydrogen) atoms. The first-order valence-electron chi connectivity index (χ1n) is 4.42. The summed E-state index contributed by atoms with van der Waals surface area (Å²) in [5.41, 5.74) is 0. The van der Waals surface area contributed by atoms with E-state index >= 15 is 0 Å². The van der Waals surface area contributed by atoms with Gasteiger partial charge >= 0.3 is 0 Å². The Hall–Kier alpha value is -1.16. The number of nitrogens with one attached hydrogen (secondary N) is 1. The van der Waals surface area contributed by atoms with Gasteiger partial charge in [-0.1, -0.05) is 13.8 Å². The number of Topliss-reactive ketones (excluding diaryl/α,β-unsaturated/α-hetero) is 1. The predicted octanol–water partition coefficient (Wildman–Crippen LogP) is 1.49. The van der Waals surface area contributed by atoms with Crippen molar-refractivity contribution in [3.63, 3.8) is 0 Å². The molecule has 0 spiro atoms. The molecule has 0 fully saturated rings. The van der Waals surface area contributed by atoms with E-state index in [4.69, 9.17) is 4.42 Å². The van der Waals surface area contributed by atoms with Crippen LogP contribution in [0.25, 0.3) is 0 Å². The van der Waals surface area contributed by atoms with Gasteiger partial charge in [0.2, 0.25) is 5.78 Å². The molecule has 0 saturated heterocycles. The molecule has 1 rings (SSSR count). The van der Waals surface area contributed by atoms with Gasteiger partial charge in [0.25, 0.3) is 5.89 Å². The average Bonchev–Trinajstić information content (AvgIpc) is 2.70. The number of hydrogen-bond donors (Lipinski definition) is 1. The first-order chi connectivity index (χ1) is 6.34. The van der Waals surface area contributed by atoms with Crippen LogP contribution in [-0.4, -0.2) is 24.4 Å². The van der Waals surface area contributed by atoms with Gasteiger partial charge in [0.15, 0.2) is 0 Å². The fraction of sp³-hybridized carbons (Fsp3) is 0.556. The summed E-state index contributed by atoms with van der Waals surface area (Å²) in [6.45, 7) is 4.65. The van der Waals surface area contributed by atoms with Crippen LogP contribution in [-0.2, 0) is 0 Å². The van der Waals surface area contributed by atoms with Crippen molar-refractivity contribution in [3.05, 3.63) is 18.4 Å². The van der Waals surface area contributed by atoms with E-state index in [2.05, 4.69) is 10.3 Å². The Balaban J connectivity index is 0.000000671. The Morgan fingerprint density at radius 3 is 2.77 bits per heavy atom. The number of oxazole rings is 1. The zero-order valence-corrected chi connectivity index (χ0v) is 8.33. The van der Waals surface area contributed by atoms with Gasteiger partial charge in [-0.2, -0.15) is 0 Å². The maximum absolute atomic E-state index is 11.1. The van der Waals surface area contributed by atoms with Gasteiger partial charge in [0.05, 0.1) is 6.20 Å². The number of carbonyl (C=O) groups is 1. The zero-order valence-electron chi connectivity index (χ0n) is 8.33. The topological polar surface area (TPSA) is 55.1 Å². The lowest BCUT2D eigenvalue weighted by Crippen LogP contribution is -2.13. The molecule has 0 radical (unpaired) electrons. The summed E-state index contributed by atoms with van der Waals surface area (Å²) in [6.07, 6.45) is 3.29. The van der Waals surface area contributed by atoms with E-state index in [1.807, 2.05) is 13.8 Å². The molecule has 1 heterocycles. The third kappa shape index (κ3) is 4.42. The van der Waals surface area contributed by atoms with E-state index in [0.717, 1.165) is 0 Å². The van der Waals surface area contributed by atoms with Crippen molar-refractivity contribution in [3.8, 4) is 0 Å². The maximum Gasteiger partial charge on any atom is 0.263 e. The van der Waals surface area contributed by atoms with Gasteiger partial charge in [-0.15, -0.1) is 0 Å². The fourth-order valence-electron chi connectivity index (χ4n) is 0.707. The molecular formula is C9H16N2O2. The number of ketones is 1. The normalized spacial score (nSPS) is 8.85. The van der Waals surface area contributed by atoms with Crippen LogP contribution in [0.2, 0.25) is 0 Å². The summed E-state index contributed by atoms with van der Waals surface area (Å²) in [7, 11) is 1.79. The minimum absolute atomic E-state index is 0.0654. The second kappa shape index (κ2) is 7.49. The minimum atomic E-state index is -0.0654. The van der Waals surface area contributed by atoms with E-state index in [9.17, 15) is 4.79 Å². The number of carbonyl (C=O) groups excluding carboxylic acids is 1. The standard InChI is InChI=1S/C7H10N2O2.C2H6/c1-8-3-2-6(10)7-9-4-5-11-7;1-2/h4-5,8H,2-3H2,1H3;1-2H3.